The molecule has 46 heavy (non-hydrogen) atoms. The molecule has 13 heteroatoms. The number of likely N-dealkylation sites (tertiary alicyclic amines) is 1. The number of hydrogen-bond donors (Lipinski definition) is 2. The summed E-state index contributed by atoms with van der Waals surface area (Å²) in [6.07, 6.45) is -0.152. The Labute approximate surface area is 267 Å². The molecule has 5 heterocycles. The number of nitrogens with zero attached hydrogens (tertiary/aromatic N) is 1. The summed E-state index contributed by atoms with van der Waals surface area (Å²) in [5, 5.41) is 5.84. The number of methoxy groups -OCH3 is 2. The van der Waals surface area contributed by atoms with Crippen LogP contribution in [0.15, 0.2) is 71.6 Å². The highest BCUT2D eigenvalue weighted by Crippen LogP contribution is 2.30. The van der Waals surface area contributed by atoms with Crippen LogP contribution in [0.1, 0.15) is 24.0 Å². The zero-order chi connectivity index (χ0) is 32.7. The average Bonchev–Trinajstić information content (AvgIpc) is 3.46. The summed E-state index contributed by atoms with van der Waals surface area (Å²) in [5.74, 6) is 0.424. The van der Waals surface area contributed by atoms with Crippen molar-refractivity contribution in [2.45, 2.75) is 42.8 Å². The van der Waals surface area contributed by atoms with E-state index in [1.54, 1.807) is 48.5 Å². The van der Waals surface area contributed by atoms with Crippen molar-refractivity contribution in [3.63, 3.8) is 0 Å². The van der Waals surface area contributed by atoms with Crippen LogP contribution in [0, 0.1) is 0 Å². The molecule has 0 spiro atoms. The van der Waals surface area contributed by atoms with E-state index in [0.29, 0.717) is 29.4 Å². The van der Waals surface area contributed by atoms with E-state index in [-0.39, 0.29) is 61.5 Å². The average molecular weight is 652 g/mol. The molecule has 5 aliphatic heterocycles. The van der Waals surface area contributed by atoms with Crippen LogP contribution < -0.4 is 29.6 Å². The van der Waals surface area contributed by atoms with Crippen molar-refractivity contribution in [2.75, 3.05) is 39.7 Å². The Morgan fingerprint density at radius 3 is 2.48 bits per heavy atom. The standard InChI is InChI=1S/C33H37N3O9S/c1-42-28-17-24-11-10-23(28)18-34-31(37)13-9-22-8-12-27(29(16-22)43-2)44-21-32(38)35-26-19-36(20-30(26)45-24)33(39)14-15-46(40,41)25-6-4-3-5-7-25/h3-8,10-12,16-17,26,30H,9,13-15,18-21H2,1-2H3,(H,34,37)(H,35,38)/t26-,30-/m1/s1. The highest BCUT2D eigenvalue weighted by Gasteiger charge is 2.38. The van der Waals surface area contributed by atoms with Gasteiger partial charge in [0.1, 0.15) is 17.6 Å². The first-order valence-corrected chi connectivity index (χ1v) is 16.6. The maximum absolute atomic E-state index is 13.2. The maximum Gasteiger partial charge on any atom is 0.258 e. The number of rotatable bonds is 6. The van der Waals surface area contributed by atoms with Gasteiger partial charge in [0.05, 0.1) is 37.5 Å². The van der Waals surface area contributed by atoms with Gasteiger partial charge < -0.3 is 34.5 Å². The lowest BCUT2D eigenvalue weighted by atomic mass is 10.1. The first kappa shape index (κ1) is 32.6. The minimum Gasteiger partial charge on any atom is -0.496 e. The number of aryl methyl sites for hydroxylation is 1. The van der Waals surface area contributed by atoms with E-state index < -0.39 is 27.9 Å². The smallest absolute Gasteiger partial charge is 0.258 e. The number of benzene rings is 3. The Balaban J connectivity index is 1.36. The van der Waals surface area contributed by atoms with Crippen LogP contribution in [0.3, 0.4) is 0 Å². The second-order valence-corrected chi connectivity index (χ2v) is 13.1. The molecule has 0 unspecified atom stereocenters. The molecule has 3 amide bonds. The van der Waals surface area contributed by atoms with Crippen LogP contribution in [0.2, 0.25) is 0 Å². The van der Waals surface area contributed by atoms with Gasteiger partial charge in [-0.1, -0.05) is 24.3 Å². The SMILES string of the molecule is COc1cc2ccc1CNC(=O)CCc1ccc(c(OC)c1)OCC(=O)N[C@@H]1CN(C(=O)CCS(=O)(=O)c3ccccc3)C[C@H]1O2. The van der Waals surface area contributed by atoms with Crippen LogP contribution in [0.4, 0.5) is 0 Å². The van der Waals surface area contributed by atoms with Crippen molar-refractivity contribution in [1.29, 1.82) is 0 Å². The van der Waals surface area contributed by atoms with Gasteiger partial charge in [-0.3, -0.25) is 14.4 Å². The number of hydrogen-bond acceptors (Lipinski definition) is 9. The normalized spacial score (nSPS) is 18.9. The first-order chi connectivity index (χ1) is 22.1. The molecule has 1 fully saturated rings. The van der Waals surface area contributed by atoms with E-state index >= 15 is 0 Å². The third-order valence-corrected chi connectivity index (χ3v) is 9.63. The third-order valence-electron chi connectivity index (χ3n) is 7.90. The lowest BCUT2D eigenvalue weighted by Crippen LogP contribution is -2.46. The van der Waals surface area contributed by atoms with E-state index in [2.05, 4.69) is 10.6 Å². The van der Waals surface area contributed by atoms with Gasteiger partial charge >= 0.3 is 0 Å². The van der Waals surface area contributed by atoms with Crippen LogP contribution >= 0.6 is 0 Å². The van der Waals surface area contributed by atoms with Crippen LogP contribution in [0.25, 0.3) is 0 Å². The number of sulfone groups is 1. The number of carbonyl (C=O) groups is 3. The number of nitrogens with one attached hydrogen (secondary N) is 2. The minimum atomic E-state index is -3.66. The highest BCUT2D eigenvalue weighted by atomic mass is 32.2. The van der Waals surface area contributed by atoms with Crippen molar-refractivity contribution < 1.29 is 41.7 Å². The Morgan fingerprint density at radius 2 is 1.72 bits per heavy atom. The van der Waals surface area contributed by atoms with Gasteiger partial charge in [0.25, 0.3) is 5.91 Å². The molecule has 4 bridgehead atoms. The lowest BCUT2D eigenvalue weighted by molar-refractivity contribution is -0.130. The second-order valence-electron chi connectivity index (χ2n) is 11.0. The van der Waals surface area contributed by atoms with Crippen molar-refractivity contribution >= 4 is 27.6 Å². The van der Waals surface area contributed by atoms with Gasteiger partial charge in [-0.2, -0.15) is 0 Å². The molecule has 0 saturated carbocycles. The predicted octanol–water partition coefficient (Wildman–Crippen LogP) is 2.28. The molecule has 3 aromatic rings. The molecule has 2 N–H and O–H groups in total. The van der Waals surface area contributed by atoms with Gasteiger partial charge in [-0.25, -0.2) is 8.42 Å². The van der Waals surface area contributed by atoms with Gasteiger partial charge in [0.2, 0.25) is 11.8 Å². The summed E-state index contributed by atoms with van der Waals surface area (Å²) < 4.78 is 48.6. The van der Waals surface area contributed by atoms with E-state index in [4.69, 9.17) is 18.9 Å². The van der Waals surface area contributed by atoms with Gasteiger partial charge in [-0.05, 0) is 48.4 Å². The van der Waals surface area contributed by atoms with Gasteiger partial charge in [0, 0.05) is 37.6 Å². The largest absolute Gasteiger partial charge is 0.496 e. The predicted molar refractivity (Wildman–Crippen MR) is 168 cm³/mol. The molecule has 244 valence electrons. The summed E-state index contributed by atoms with van der Waals surface area (Å²) in [7, 11) is -0.646. The minimum absolute atomic E-state index is 0.111. The zero-order valence-electron chi connectivity index (χ0n) is 25.7. The fourth-order valence-corrected chi connectivity index (χ4v) is 6.65. The Hall–Kier alpha value is -4.78. The summed E-state index contributed by atoms with van der Waals surface area (Å²) in [5.41, 5.74) is 1.61. The highest BCUT2D eigenvalue weighted by molar-refractivity contribution is 7.91. The van der Waals surface area contributed by atoms with Crippen LogP contribution in [0.5, 0.6) is 23.0 Å². The summed E-state index contributed by atoms with van der Waals surface area (Å²) in [6, 6.07) is 17.8. The summed E-state index contributed by atoms with van der Waals surface area (Å²) in [4.78, 5) is 40.6. The number of carbonyl (C=O) groups excluding carboxylic acids is 3. The van der Waals surface area contributed by atoms with E-state index in [1.807, 2.05) is 6.07 Å². The molecular weight excluding hydrogens is 614 g/mol. The molecule has 0 radical (unpaired) electrons. The molecule has 12 nitrogen and oxygen atoms in total. The van der Waals surface area contributed by atoms with Crippen LogP contribution in [-0.2, 0) is 37.2 Å². The van der Waals surface area contributed by atoms with E-state index in [0.717, 1.165) is 11.1 Å². The van der Waals surface area contributed by atoms with Crippen molar-refractivity contribution in [3.8, 4) is 23.0 Å². The molecule has 3 aromatic carbocycles. The Bertz CT molecular complexity index is 1680. The van der Waals surface area contributed by atoms with Gasteiger partial charge in [-0.15, -0.1) is 0 Å². The zero-order valence-corrected chi connectivity index (χ0v) is 26.5. The van der Waals surface area contributed by atoms with Gasteiger partial charge in [0.15, 0.2) is 27.9 Å². The maximum atomic E-state index is 13.2. The molecular formula is C33H37N3O9S. The fourth-order valence-electron chi connectivity index (χ4n) is 5.40. The third kappa shape index (κ3) is 8.08. The fraction of sp³-hybridized carbons (Fsp3) is 0.364. The van der Waals surface area contributed by atoms with E-state index in [9.17, 15) is 22.8 Å². The van der Waals surface area contributed by atoms with Crippen molar-refractivity contribution in [3.05, 3.63) is 77.9 Å². The quantitative estimate of drug-likeness (QED) is 0.410. The molecule has 8 rings (SSSR count). The summed E-state index contributed by atoms with van der Waals surface area (Å²) in [6.45, 7) is 0.146. The summed E-state index contributed by atoms with van der Waals surface area (Å²) >= 11 is 0. The molecule has 0 aliphatic carbocycles. The van der Waals surface area contributed by atoms with E-state index in [1.165, 1.54) is 31.3 Å². The topological polar surface area (TPSA) is 150 Å². The molecule has 2 atom stereocenters. The Morgan fingerprint density at radius 1 is 0.935 bits per heavy atom. The molecule has 5 aliphatic rings. The van der Waals surface area contributed by atoms with Crippen LogP contribution in [-0.4, -0.2) is 82.9 Å². The monoisotopic (exact) mass is 651 g/mol. The molecule has 0 aromatic heterocycles. The van der Waals surface area contributed by atoms with Crippen molar-refractivity contribution in [2.24, 2.45) is 0 Å². The van der Waals surface area contributed by atoms with Crippen molar-refractivity contribution in [1.82, 2.24) is 15.5 Å². The first-order valence-electron chi connectivity index (χ1n) is 14.9. The Kier molecular flexibility index (Phi) is 10.3. The lowest BCUT2D eigenvalue weighted by Gasteiger charge is -2.22. The number of amides is 3. The molecule has 1 saturated heterocycles. The second kappa shape index (κ2) is 14.5. The number of ether oxygens (including phenoxy) is 4.